The van der Waals surface area contributed by atoms with Crippen LogP contribution in [0.5, 0.6) is 0 Å². The molecule has 2 atom stereocenters. The number of primary amides is 1. The minimum absolute atomic E-state index is 0.0990. The highest BCUT2D eigenvalue weighted by atomic mass is 32.2. The van der Waals surface area contributed by atoms with Crippen LogP contribution in [0.25, 0.3) is 0 Å². The van der Waals surface area contributed by atoms with E-state index in [4.69, 9.17) is 5.73 Å². The molecule has 4 N–H and O–H groups in total. The molecule has 146 valence electrons. The summed E-state index contributed by atoms with van der Waals surface area (Å²) in [4.78, 5) is 23.8. The van der Waals surface area contributed by atoms with Crippen LogP contribution in [0, 0.1) is 5.92 Å². The van der Waals surface area contributed by atoms with Crippen molar-refractivity contribution in [1.29, 1.82) is 0 Å². The fourth-order valence-electron chi connectivity index (χ4n) is 2.52. The molecule has 0 bridgehead atoms. The van der Waals surface area contributed by atoms with Gasteiger partial charge in [-0.15, -0.1) is 0 Å². The average Bonchev–Trinajstić information content (AvgIpc) is 2.59. The Morgan fingerprint density at radius 2 is 1.81 bits per heavy atom. The Morgan fingerprint density at radius 3 is 2.31 bits per heavy atom. The summed E-state index contributed by atoms with van der Waals surface area (Å²) in [6.45, 7) is 7.95. The van der Waals surface area contributed by atoms with E-state index in [-0.39, 0.29) is 10.8 Å². The lowest BCUT2D eigenvalue weighted by atomic mass is 9.98. The fourth-order valence-corrected chi connectivity index (χ4v) is 4.03. The van der Waals surface area contributed by atoms with Gasteiger partial charge in [0.25, 0.3) is 0 Å². The van der Waals surface area contributed by atoms with Crippen LogP contribution in [0.4, 0.5) is 10.5 Å². The van der Waals surface area contributed by atoms with Gasteiger partial charge >= 0.3 is 6.03 Å². The molecule has 0 fully saturated rings. The van der Waals surface area contributed by atoms with E-state index >= 15 is 0 Å². The van der Waals surface area contributed by atoms with Gasteiger partial charge in [0.15, 0.2) is 0 Å². The van der Waals surface area contributed by atoms with Crippen LogP contribution in [-0.4, -0.2) is 43.8 Å². The molecule has 0 radical (unpaired) electrons. The molecule has 1 aromatic rings. The molecule has 0 aromatic heterocycles. The third-order valence-electron chi connectivity index (χ3n) is 4.24. The number of benzene rings is 1. The Morgan fingerprint density at radius 1 is 1.19 bits per heavy atom. The van der Waals surface area contributed by atoms with Gasteiger partial charge in [0.05, 0.1) is 4.90 Å². The number of nitrogens with zero attached hydrogens (tertiary/aromatic N) is 1. The van der Waals surface area contributed by atoms with Crippen molar-refractivity contribution in [2.45, 2.75) is 45.1 Å². The smallest absolute Gasteiger partial charge is 0.312 e. The molecular weight excluding hydrogens is 356 g/mol. The Hall–Kier alpha value is -2.13. The third kappa shape index (κ3) is 5.43. The molecule has 8 nitrogen and oxygen atoms in total. The molecule has 0 spiro atoms. The predicted molar refractivity (Wildman–Crippen MR) is 101 cm³/mol. The zero-order chi connectivity index (χ0) is 19.9. The Kier molecular flexibility index (Phi) is 8.04. The van der Waals surface area contributed by atoms with Gasteiger partial charge in [0.1, 0.15) is 6.04 Å². The second kappa shape index (κ2) is 9.54. The number of rotatable bonds is 9. The van der Waals surface area contributed by atoms with E-state index in [1.165, 1.54) is 16.4 Å². The SMILES string of the molecule is CCC(C)C(NC(N)=O)C(=O)Nc1cccc(S(=O)(=O)N(CC)CC)c1. The van der Waals surface area contributed by atoms with E-state index in [1.54, 1.807) is 26.0 Å². The molecule has 26 heavy (non-hydrogen) atoms. The molecule has 2 unspecified atom stereocenters. The highest BCUT2D eigenvalue weighted by Crippen LogP contribution is 2.20. The van der Waals surface area contributed by atoms with Crippen LogP contribution >= 0.6 is 0 Å². The minimum Gasteiger partial charge on any atom is -0.352 e. The number of sulfonamides is 1. The summed E-state index contributed by atoms with van der Waals surface area (Å²) in [6.07, 6.45) is 0.661. The van der Waals surface area contributed by atoms with E-state index in [2.05, 4.69) is 10.6 Å². The van der Waals surface area contributed by atoms with Crippen LogP contribution in [0.15, 0.2) is 29.2 Å². The number of anilines is 1. The molecule has 0 aliphatic rings. The maximum Gasteiger partial charge on any atom is 0.312 e. The van der Waals surface area contributed by atoms with E-state index in [1.807, 2.05) is 13.8 Å². The summed E-state index contributed by atoms with van der Waals surface area (Å²) in [5, 5.41) is 5.09. The zero-order valence-corrected chi connectivity index (χ0v) is 16.5. The zero-order valence-electron chi connectivity index (χ0n) is 15.7. The largest absolute Gasteiger partial charge is 0.352 e. The van der Waals surface area contributed by atoms with Gasteiger partial charge < -0.3 is 16.4 Å². The standard InChI is InChI=1S/C17H28N4O4S/c1-5-12(4)15(20-17(18)23)16(22)19-13-9-8-10-14(11-13)26(24,25)21(6-2)7-3/h8-12,15H,5-7H2,1-4H3,(H,19,22)(H3,18,20,23). The van der Waals surface area contributed by atoms with Gasteiger partial charge in [-0.2, -0.15) is 4.31 Å². The van der Waals surface area contributed by atoms with Crippen molar-refractivity contribution in [3.63, 3.8) is 0 Å². The number of nitrogens with two attached hydrogens (primary N) is 1. The van der Waals surface area contributed by atoms with Crippen molar-refractivity contribution in [1.82, 2.24) is 9.62 Å². The van der Waals surface area contributed by atoms with Crippen LogP contribution < -0.4 is 16.4 Å². The second-order valence-electron chi connectivity index (χ2n) is 5.98. The lowest BCUT2D eigenvalue weighted by molar-refractivity contribution is -0.119. The van der Waals surface area contributed by atoms with Crippen molar-refractivity contribution in [3.8, 4) is 0 Å². The van der Waals surface area contributed by atoms with Crippen LogP contribution in [0.2, 0.25) is 0 Å². The first kappa shape index (κ1) is 21.9. The highest BCUT2D eigenvalue weighted by molar-refractivity contribution is 7.89. The second-order valence-corrected chi connectivity index (χ2v) is 7.92. The molecule has 1 rings (SSSR count). The number of nitrogens with one attached hydrogen (secondary N) is 2. The molecule has 0 aliphatic heterocycles. The van der Waals surface area contributed by atoms with Crippen molar-refractivity contribution >= 4 is 27.6 Å². The molecule has 0 saturated heterocycles. The average molecular weight is 385 g/mol. The molecule has 0 aliphatic carbocycles. The highest BCUT2D eigenvalue weighted by Gasteiger charge is 2.26. The summed E-state index contributed by atoms with van der Waals surface area (Å²) in [6, 6.07) is 4.45. The number of carbonyl (C=O) groups excluding carboxylic acids is 2. The Labute approximate surface area is 155 Å². The van der Waals surface area contributed by atoms with Crippen molar-refractivity contribution < 1.29 is 18.0 Å². The first-order valence-electron chi connectivity index (χ1n) is 8.64. The topological polar surface area (TPSA) is 122 Å². The van der Waals surface area contributed by atoms with Crippen molar-refractivity contribution in [2.75, 3.05) is 18.4 Å². The van der Waals surface area contributed by atoms with Crippen LogP contribution in [-0.2, 0) is 14.8 Å². The predicted octanol–water partition coefficient (Wildman–Crippen LogP) is 1.74. The molecule has 1 aromatic carbocycles. The number of amides is 3. The minimum atomic E-state index is -3.63. The van der Waals surface area contributed by atoms with Gasteiger partial charge in [-0.1, -0.05) is 40.2 Å². The number of hydrogen-bond donors (Lipinski definition) is 3. The maximum atomic E-state index is 12.6. The first-order valence-corrected chi connectivity index (χ1v) is 10.1. The van der Waals surface area contributed by atoms with E-state index in [9.17, 15) is 18.0 Å². The van der Waals surface area contributed by atoms with Gasteiger partial charge in [-0.05, 0) is 24.1 Å². The van der Waals surface area contributed by atoms with Crippen LogP contribution in [0.3, 0.4) is 0 Å². The summed E-state index contributed by atoms with van der Waals surface area (Å²) in [5.74, 6) is -0.583. The Balaban J connectivity index is 3.07. The molecule has 9 heteroatoms. The van der Waals surface area contributed by atoms with E-state index < -0.39 is 28.0 Å². The summed E-state index contributed by atoms with van der Waals surface area (Å²) >= 11 is 0. The summed E-state index contributed by atoms with van der Waals surface area (Å²) < 4.78 is 26.5. The van der Waals surface area contributed by atoms with Crippen LogP contribution in [0.1, 0.15) is 34.1 Å². The van der Waals surface area contributed by atoms with Crippen molar-refractivity contribution in [2.24, 2.45) is 11.7 Å². The normalized spacial score (nSPS) is 13.9. The van der Waals surface area contributed by atoms with Gasteiger partial charge in [0.2, 0.25) is 15.9 Å². The summed E-state index contributed by atoms with van der Waals surface area (Å²) in [5.41, 5.74) is 5.48. The molecule has 3 amide bonds. The number of carbonyl (C=O) groups is 2. The van der Waals surface area contributed by atoms with Gasteiger partial charge in [-0.3, -0.25) is 4.79 Å². The molecule has 0 heterocycles. The van der Waals surface area contributed by atoms with E-state index in [0.29, 0.717) is 25.2 Å². The number of hydrogen-bond acceptors (Lipinski definition) is 4. The monoisotopic (exact) mass is 384 g/mol. The lowest BCUT2D eigenvalue weighted by Crippen LogP contribution is -2.49. The first-order chi connectivity index (χ1) is 12.2. The molecular formula is C17H28N4O4S. The number of urea groups is 1. The van der Waals surface area contributed by atoms with Gasteiger partial charge in [0, 0.05) is 18.8 Å². The van der Waals surface area contributed by atoms with Crippen molar-refractivity contribution in [3.05, 3.63) is 24.3 Å². The third-order valence-corrected chi connectivity index (χ3v) is 6.28. The quantitative estimate of drug-likeness (QED) is 0.600. The van der Waals surface area contributed by atoms with Gasteiger partial charge in [-0.25, -0.2) is 13.2 Å². The van der Waals surface area contributed by atoms with E-state index in [0.717, 1.165) is 0 Å². The molecule has 0 saturated carbocycles. The fraction of sp³-hybridized carbons (Fsp3) is 0.529. The maximum absolute atomic E-state index is 12.6. The summed E-state index contributed by atoms with van der Waals surface area (Å²) in [7, 11) is -3.63. The lowest BCUT2D eigenvalue weighted by Gasteiger charge is -2.23. The Bertz CT molecular complexity index is 732.